The van der Waals surface area contributed by atoms with Crippen LogP contribution in [0.3, 0.4) is 0 Å². The van der Waals surface area contributed by atoms with Crippen LogP contribution in [-0.2, 0) is 0 Å². The van der Waals surface area contributed by atoms with Gasteiger partial charge in [-0.3, -0.25) is 4.99 Å². The van der Waals surface area contributed by atoms with Gasteiger partial charge in [-0.2, -0.15) is 11.8 Å². The molecule has 0 amide bonds. The van der Waals surface area contributed by atoms with E-state index in [4.69, 9.17) is 0 Å². The summed E-state index contributed by atoms with van der Waals surface area (Å²) in [5.74, 6) is 0.964. The van der Waals surface area contributed by atoms with Crippen LogP contribution in [0.15, 0.2) is 4.99 Å². The molecule has 0 radical (unpaired) electrons. The smallest absolute Gasteiger partial charge is 0.191 e. The molecular formula is C16H35IN4S. The van der Waals surface area contributed by atoms with Crippen LogP contribution in [0.1, 0.15) is 45.4 Å². The number of thioether (sulfide) groups is 1. The van der Waals surface area contributed by atoms with E-state index in [2.05, 4.69) is 40.8 Å². The van der Waals surface area contributed by atoms with E-state index in [1.54, 1.807) is 0 Å². The van der Waals surface area contributed by atoms with Crippen molar-refractivity contribution in [3.05, 3.63) is 0 Å². The molecule has 4 nitrogen and oxygen atoms in total. The van der Waals surface area contributed by atoms with Crippen molar-refractivity contribution in [2.24, 2.45) is 4.99 Å². The van der Waals surface area contributed by atoms with E-state index >= 15 is 0 Å². The molecule has 0 aromatic carbocycles. The highest BCUT2D eigenvalue weighted by molar-refractivity contribution is 14.0. The van der Waals surface area contributed by atoms with Crippen molar-refractivity contribution in [3.8, 4) is 0 Å². The molecule has 0 aromatic heterocycles. The van der Waals surface area contributed by atoms with E-state index in [0.717, 1.165) is 24.3 Å². The maximum absolute atomic E-state index is 4.36. The fourth-order valence-corrected chi connectivity index (χ4v) is 3.61. The summed E-state index contributed by atoms with van der Waals surface area (Å²) in [6.45, 7) is 5.45. The Bertz CT molecular complexity index is 302. The molecule has 1 saturated carbocycles. The second kappa shape index (κ2) is 13.7. The fourth-order valence-electron chi connectivity index (χ4n) is 2.78. The van der Waals surface area contributed by atoms with Crippen molar-refractivity contribution in [3.63, 3.8) is 0 Å². The molecule has 0 aromatic rings. The minimum atomic E-state index is 0. The van der Waals surface area contributed by atoms with Crippen molar-refractivity contribution >= 4 is 41.7 Å². The van der Waals surface area contributed by atoms with E-state index in [0.29, 0.717) is 6.04 Å². The van der Waals surface area contributed by atoms with Gasteiger partial charge < -0.3 is 15.5 Å². The molecule has 132 valence electrons. The Morgan fingerprint density at radius 3 is 2.73 bits per heavy atom. The zero-order valence-corrected chi connectivity index (χ0v) is 17.9. The van der Waals surface area contributed by atoms with E-state index in [9.17, 15) is 0 Å². The van der Waals surface area contributed by atoms with Crippen LogP contribution in [0.25, 0.3) is 0 Å². The van der Waals surface area contributed by atoms with Crippen molar-refractivity contribution in [1.82, 2.24) is 15.5 Å². The standard InChI is InChI=1S/C16H34N4S.HI/c1-5-6-11-20(3)12-10-18-16(17-2)19-14-8-7-9-15(13-14)21-4;/h14-15H,5-13H2,1-4H3,(H2,17,18,19);1H. The van der Waals surface area contributed by atoms with Gasteiger partial charge >= 0.3 is 0 Å². The molecule has 2 unspecified atom stereocenters. The molecule has 1 aliphatic carbocycles. The third-order valence-electron chi connectivity index (χ3n) is 4.20. The number of guanidine groups is 1. The minimum absolute atomic E-state index is 0. The summed E-state index contributed by atoms with van der Waals surface area (Å²) in [6, 6.07) is 0.584. The lowest BCUT2D eigenvalue weighted by Gasteiger charge is -2.30. The molecule has 2 atom stereocenters. The lowest BCUT2D eigenvalue weighted by molar-refractivity contribution is 0.331. The van der Waals surface area contributed by atoms with Crippen LogP contribution in [0, 0.1) is 0 Å². The predicted octanol–water partition coefficient (Wildman–Crippen LogP) is 3.18. The lowest BCUT2D eigenvalue weighted by atomic mass is 9.95. The number of aliphatic imine (C=N–C) groups is 1. The molecule has 0 heterocycles. The summed E-state index contributed by atoms with van der Waals surface area (Å²) in [5, 5.41) is 7.86. The topological polar surface area (TPSA) is 39.7 Å². The first-order chi connectivity index (χ1) is 10.2. The number of rotatable bonds is 8. The highest BCUT2D eigenvalue weighted by atomic mass is 127. The van der Waals surface area contributed by atoms with Gasteiger partial charge in [0.25, 0.3) is 0 Å². The van der Waals surface area contributed by atoms with E-state index in [1.807, 2.05) is 18.8 Å². The Hall–Kier alpha value is 0.310. The number of hydrogen-bond acceptors (Lipinski definition) is 3. The van der Waals surface area contributed by atoms with Gasteiger partial charge in [0.15, 0.2) is 5.96 Å². The highest BCUT2D eigenvalue weighted by Crippen LogP contribution is 2.26. The number of hydrogen-bond donors (Lipinski definition) is 2. The van der Waals surface area contributed by atoms with Gasteiger partial charge in [-0.1, -0.05) is 19.8 Å². The predicted molar refractivity (Wildman–Crippen MR) is 112 cm³/mol. The Balaban J connectivity index is 0.00000441. The Morgan fingerprint density at radius 2 is 2.09 bits per heavy atom. The molecule has 6 heteroatoms. The average Bonchev–Trinajstić information content (AvgIpc) is 2.52. The first kappa shape index (κ1) is 22.3. The van der Waals surface area contributed by atoms with Crippen LogP contribution < -0.4 is 10.6 Å². The summed E-state index contributed by atoms with van der Waals surface area (Å²) in [4.78, 5) is 6.74. The quantitative estimate of drug-likeness (QED) is 0.344. The Labute approximate surface area is 158 Å². The van der Waals surface area contributed by atoms with Crippen LogP contribution in [0.4, 0.5) is 0 Å². The third kappa shape index (κ3) is 9.45. The maximum atomic E-state index is 4.36. The van der Waals surface area contributed by atoms with Gasteiger partial charge in [0.05, 0.1) is 0 Å². The van der Waals surface area contributed by atoms with Gasteiger partial charge in [0.1, 0.15) is 0 Å². The summed E-state index contributed by atoms with van der Waals surface area (Å²) >= 11 is 2.01. The molecule has 1 aliphatic rings. The average molecular weight is 442 g/mol. The summed E-state index contributed by atoms with van der Waals surface area (Å²) in [7, 11) is 4.06. The monoisotopic (exact) mass is 442 g/mol. The lowest BCUT2D eigenvalue weighted by Crippen LogP contribution is -2.47. The normalized spacial score (nSPS) is 22.3. The second-order valence-electron chi connectivity index (χ2n) is 6.02. The first-order valence-electron chi connectivity index (χ1n) is 8.38. The Morgan fingerprint density at radius 1 is 1.32 bits per heavy atom. The molecule has 1 rings (SSSR count). The van der Waals surface area contributed by atoms with Crippen molar-refractivity contribution in [2.75, 3.05) is 40.0 Å². The molecule has 0 spiro atoms. The number of unbranched alkanes of at least 4 members (excludes halogenated alkanes) is 1. The minimum Gasteiger partial charge on any atom is -0.355 e. The van der Waals surface area contributed by atoms with Gasteiger partial charge in [-0.05, 0) is 45.5 Å². The third-order valence-corrected chi connectivity index (χ3v) is 5.30. The van der Waals surface area contributed by atoms with Gasteiger partial charge in [0, 0.05) is 31.4 Å². The van der Waals surface area contributed by atoms with Crippen molar-refractivity contribution in [2.45, 2.75) is 56.7 Å². The molecule has 1 fully saturated rings. The van der Waals surface area contributed by atoms with Crippen molar-refractivity contribution in [1.29, 1.82) is 0 Å². The molecule has 0 saturated heterocycles. The van der Waals surface area contributed by atoms with Crippen LogP contribution in [0.5, 0.6) is 0 Å². The molecule has 0 aliphatic heterocycles. The zero-order valence-electron chi connectivity index (χ0n) is 14.7. The molecule has 0 bridgehead atoms. The van der Waals surface area contributed by atoms with E-state index < -0.39 is 0 Å². The number of halogens is 1. The summed E-state index contributed by atoms with van der Waals surface area (Å²) in [6.07, 6.45) is 10.0. The van der Waals surface area contributed by atoms with Gasteiger partial charge in [-0.25, -0.2) is 0 Å². The van der Waals surface area contributed by atoms with Gasteiger partial charge in [-0.15, -0.1) is 24.0 Å². The van der Waals surface area contributed by atoms with Crippen LogP contribution in [-0.4, -0.2) is 62.1 Å². The second-order valence-corrected chi connectivity index (χ2v) is 7.16. The zero-order chi connectivity index (χ0) is 15.5. The van der Waals surface area contributed by atoms with Crippen molar-refractivity contribution < 1.29 is 0 Å². The maximum Gasteiger partial charge on any atom is 0.191 e. The highest BCUT2D eigenvalue weighted by Gasteiger charge is 2.21. The van der Waals surface area contributed by atoms with Gasteiger partial charge in [0.2, 0.25) is 0 Å². The van der Waals surface area contributed by atoms with Crippen LogP contribution >= 0.6 is 35.7 Å². The number of likely N-dealkylation sites (N-methyl/N-ethyl adjacent to an activating group) is 1. The first-order valence-corrected chi connectivity index (χ1v) is 9.66. The van der Waals surface area contributed by atoms with E-state index in [1.165, 1.54) is 45.1 Å². The Kier molecular flexibility index (Phi) is 13.9. The number of nitrogens with one attached hydrogen (secondary N) is 2. The van der Waals surface area contributed by atoms with Crippen LogP contribution in [0.2, 0.25) is 0 Å². The fraction of sp³-hybridized carbons (Fsp3) is 0.938. The largest absolute Gasteiger partial charge is 0.355 e. The molecular weight excluding hydrogens is 407 g/mol. The van der Waals surface area contributed by atoms with E-state index in [-0.39, 0.29) is 24.0 Å². The SMILES string of the molecule is CCCCN(C)CCNC(=NC)NC1CCCC(SC)C1.I. The molecule has 2 N–H and O–H groups in total. The number of nitrogens with zero attached hydrogens (tertiary/aromatic N) is 2. The molecule has 22 heavy (non-hydrogen) atoms. The summed E-state index contributed by atoms with van der Waals surface area (Å²) < 4.78 is 0. The summed E-state index contributed by atoms with van der Waals surface area (Å²) in [5.41, 5.74) is 0.